The van der Waals surface area contributed by atoms with E-state index in [9.17, 15) is 22.8 Å². The van der Waals surface area contributed by atoms with Crippen LogP contribution in [0.15, 0.2) is 24.3 Å². The fourth-order valence-electron chi connectivity index (χ4n) is 3.35. The topological polar surface area (TPSA) is 66.4 Å². The summed E-state index contributed by atoms with van der Waals surface area (Å²) in [5.41, 5.74) is -0.0721. The van der Waals surface area contributed by atoms with Gasteiger partial charge in [0.1, 0.15) is 0 Å². The fraction of sp³-hybridized carbons (Fsp3) is 0.579. The zero-order valence-corrected chi connectivity index (χ0v) is 14.7. The molecule has 1 amide bonds. The minimum atomic E-state index is -4.36. The molecule has 1 aliphatic carbocycles. The minimum absolute atomic E-state index is 0.0925. The lowest BCUT2D eigenvalue weighted by Gasteiger charge is -2.25. The number of carboxylic acids is 1. The van der Waals surface area contributed by atoms with Gasteiger partial charge in [-0.2, -0.15) is 13.2 Å². The molecule has 0 aliphatic heterocycles. The molecule has 2 rings (SSSR count). The molecule has 1 fully saturated rings. The van der Waals surface area contributed by atoms with E-state index in [0.717, 1.165) is 12.1 Å². The summed E-state index contributed by atoms with van der Waals surface area (Å²) >= 11 is 0. The van der Waals surface area contributed by atoms with Crippen molar-refractivity contribution in [1.82, 2.24) is 5.32 Å². The molecule has 0 spiro atoms. The number of hydrogen-bond acceptors (Lipinski definition) is 2. The molecule has 2 N–H and O–H groups in total. The number of nitrogens with one attached hydrogen (secondary N) is 1. The van der Waals surface area contributed by atoms with Crippen molar-refractivity contribution in [2.45, 2.75) is 51.1 Å². The number of amides is 1. The number of hydrogen-bond donors (Lipinski definition) is 2. The number of alkyl halides is 3. The van der Waals surface area contributed by atoms with Crippen LogP contribution in [0.4, 0.5) is 13.2 Å². The lowest BCUT2D eigenvalue weighted by molar-refractivity contribution is -0.144. The zero-order chi connectivity index (χ0) is 19.3. The van der Waals surface area contributed by atoms with Gasteiger partial charge in [-0.15, -0.1) is 0 Å². The Morgan fingerprint density at radius 2 is 1.81 bits per heavy atom. The highest BCUT2D eigenvalue weighted by molar-refractivity contribution is 5.79. The van der Waals surface area contributed by atoms with Crippen LogP contribution in [0.5, 0.6) is 0 Å². The van der Waals surface area contributed by atoms with E-state index in [4.69, 9.17) is 5.11 Å². The monoisotopic (exact) mass is 371 g/mol. The first-order valence-electron chi connectivity index (χ1n) is 8.86. The second-order valence-electron chi connectivity index (χ2n) is 6.99. The van der Waals surface area contributed by atoms with Crippen molar-refractivity contribution in [3.63, 3.8) is 0 Å². The van der Waals surface area contributed by atoms with Crippen molar-refractivity contribution >= 4 is 11.9 Å². The van der Waals surface area contributed by atoms with Gasteiger partial charge in [0.05, 0.1) is 11.5 Å². The molecule has 0 bridgehead atoms. The molecule has 7 heteroatoms. The van der Waals surface area contributed by atoms with Gasteiger partial charge in [0.15, 0.2) is 0 Å². The molecule has 144 valence electrons. The third-order valence-corrected chi connectivity index (χ3v) is 5.11. The molecular weight excluding hydrogens is 347 g/mol. The highest BCUT2D eigenvalue weighted by Gasteiger charge is 2.31. The van der Waals surface area contributed by atoms with Crippen LogP contribution in [-0.2, 0) is 15.8 Å². The average Bonchev–Trinajstić information content (AvgIpc) is 2.61. The summed E-state index contributed by atoms with van der Waals surface area (Å²) in [7, 11) is 0. The van der Waals surface area contributed by atoms with Gasteiger partial charge in [0.25, 0.3) is 0 Å². The van der Waals surface area contributed by atoms with Crippen LogP contribution in [0.2, 0.25) is 0 Å². The number of carbonyl (C=O) groups excluding carboxylic acids is 1. The third-order valence-electron chi connectivity index (χ3n) is 5.11. The number of halogens is 3. The van der Waals surface area contributed by atoms with Crippen molar-refractivity contribution in [1.29, 1.82) is 0 Å². The third kappa shape index (κ3) is 5.47. The first kappa shape index (κ1) is 20.3. The summed E-state index contributed by atoms with van der Waals surface area (Å²) in [5.74, 6) is -1.54. The summed E-state index contributed by atoms with van der Waals surface area (Å²) in [6.45, 7) is 2.22. The van der Waals surface area contributed by atoms with Gasteiger partial charge in [-0.1, -0.05) is 25.1 Å². The molecule has 0 heterocycles. The summed E-state index contributed by atoms with van der Waals surface area (Å²) in [4.78, 5) is 23.1. The Labute approximate surface area is 150 Å². The predicted octanol–water partition coefficient (Wildman–Crippen LogP) is 4.21. The second kappa shape index (κ2) is 8.56. The van der Waals surface area contributed by atoms with E-state index in [1.807, 2.05) is 6.92 Å². The Balaban J connectivity index is 1.79. The fourth-order valence-corrected chi connectivity index (χ4v) is 3.35. The van der Waals surface area contributed by atoms with Gasteiger partial charge < -0.3 is 10.4 Å². The van der Waals surface area contributed by atoms with E-state index in [1.165, 1.54) is 6.07 Å². The summed E-state index contributed by atoms with van der Waals surface area (Å²) in [6.07, 6.45) is -1.68. The lowest BCUT2D eigenvalue weighted by Crippen LogP contribution is -2.35. The Bertz CT molecular complexity index is 637. The number of aliphatic carboxylic acids is 1. The highest BCUT2D eigenvalue weighted by atomic mass is 19.4. The standard InChI is InChI=1S/C19H24F3NO3/c1-12(15-3-2-4-16(11-15)19(20,21)22)9-10-23-17(24)13-5-7-14(8-6-13)18(25)26/h2-4,11-14H,5-10H2,1H3,(H,23,24)(H,25,26). The van der Waals surface area contributed by atoms with Gasteiger partial charge in [-0.25, -0.2) is 0 Å². The van der Waals surface area contributed by atoms with Crippen LogP contribution in [0, 0.1) is 11.8 Å². The van der Waals surface area contributed by atoms with Crippen molar-refractivity contribution in [3.8, 4) is 0 Å². The SMILES string of the molecule is CC(CCNC(=O)C1CCC(C(=O)O)CC1)c1cccc(C(F)(F)F)c1. The van der Waals surface area contributed by atoms with Crippen LogP contribution in [0.25, 0.3) is 0 Å². The summed E-state index contributed by atoms with van der Waals surface area (Å²) < 4.78 is 38.3. The van der Waals surface area contributed by atoms with Crippen molar-refractivity contribution < 1.29 is 27.9 Å². The molecule has 0 aromatic heterocycles. The second-order valence-corrected chi connectivity index (χ2v) is 6.99. The first-order valence-corrected chi connectivity index (χ1v) is 8.86. The van der Waals surface area contributed by atoms with E-state index in [-0.39, 0.29) is 23.7 Å². The number of carboxylic acid groups (broad SMARTS) is 1. The molecule has 26 heavy (non-hydrogen) atoms. The molecule has 1 saturated carbocycles. The molecule has 1 aliphatic rings. The maximum absolute atomic E-state index is 12.8. The molecule has 1 unspecified atom stereocenters. The quantitative estimate of drug-likeness (QED) is 0.787. The van der Waals surface area contributed by atoms with Crippen molar-refractivity contribution in [3.05, 3.63) is 35.4 Å². The van der Waals surface area contributed by atoms with Crippen LogP contribution in [0.3, 0.4) is 0 Å². The van der Waals surface area contributed by atoms with E-state index >= 15 is 0 Å². The molecule has 1 aromatic carbocycles. The Morgan fingerprint density at radius 3 is 2.38 bits per heavy atom. The van der Waals surface area contributed by atoms with Crippen molar-refractivity contribution in [2.24, 2.45) is 11.8 Å². The predicted molar refractivity (Wildman–Crippen MR) is 90.6 cm³/mol. The van der Waals surface area contributed by atoms with Crippen LogP contribution in [0.1, 0.15) is 56.1 Å². The first-order chi connectivity index (χ1) is 12.2. The molecular formula is C19H24F3NO3. The van der Waals surface area contributed by atoms with Gasteiger partial charge in [0, 0.05) is 12.5 Å². The summed E-state index contributed by atoms with van der Waals surface area (Å²) in [5, 5.41) is 11.8. The number of benzene rings is 1. The normalized spacial score (nSPS) is 21.8. The van der Waals surface area contributed by atoms with E-state index in [1.54, 1.807) is 6.07 Å². The molecule has 4 nitrogen and oxygen atoms in total. The summed E-state index contributed by atoms with van der Waals surface area (Å²) in [6, 6.07) is 5.26. The zero-order valence-electron chi connectivity index (χ0n) is 14.7. The van der Waals surface area contributed by atoms with Gasteiger partial charge in [-0.3, -0.25) is 9.59 Å². The maximum Gasteiger partial charge on any atom is 0.416 e. The van der Waals surface area contributed by atoms with Crippen LogP contribution >= 0.6 is 0 Å². The highest BCUT2D eigenvalue weighted by Crippen LogP contribution is 2.32. The average molecular weight is 371 g/mol. The number of carbonyl (C=O) groups is 2. The maximum atomic E-state index is 12.8. The van der Waals surface area contributed by atoms with Gasteiger partial charge >= 0.3 is 12.1 Å². The molecule has 0 saturated heterocycles. The van der Waals surface area contributed by atoms with Crippen molar-refractivity contribution in [2.75, 3.05) is 6.54 Å². The van der Waals surface area contributed by atoms with E-state index in [2.05, 4.69) is 5.32 Å². The molecule has 1 atom stereocenters. The van der Waals surface area contributed by atoms with Gasteiger partial charge in [0.2, 0.25) is 5.91 Å². The van der Waals surface area contributed by atoms with Crippen LogP contribution < -0.4 is 5.32 Å². The minimum Gasteiger partial charge on any atom is -0.481 e. The van der Waals surface area contributed by atoms with E-state index in [0.29, 0.717) is 44.2 Å². The lowest BCUT2D eigenvalue weighted by atomic mass is 9.81. The Kier molecular flexibility index (Phi) is 6.67. The molecule has 1 aromatic rings. The largest absolute Gasteiger partial charge is 0.481 e. The Hall–Kier alpha value is -2.05. The Morgan fingerprint density at radius 1 is 1.19 bits per heavy atom. The van der Waals surface area contributed by atoms with Gasteiger partial charge in [-0.05, 0) is 49.7 Å². The van der Waals surface area contributed by atoms with E-state index < -0.39 is 17.7 Å². The molecule has 0 radical (unpaired) electrons. The number of rotatable bonds is 6. The van der Waals surface area contributed by atoms with Crippen LogP contribution in [-0.4, -0.2) is 23.5 Å². The smallest absolute Gasteiger partial charge is 0.416 e.